The Balaban J connectivity index is 1.65. The zero-order valence-corrected chi connectivity index (χ0v) is 18.7. The first-order chi connectivity index (χ1) is 15.9. The van der Waals surface area contributed by atoms with Crippen LogP contribution in [0.5, 0.6) is 5.75 Å². The monoisotopic (exact) mass is 466 g/mol. The number of benzene rings is 3. The van der Waals surface area contributed by atoms with Crippen molar-refractivity contribution in [3.63, 3.8) is 0 Å². The van der Waals surface area contributed by atoms with Crippen LogP contribution in [-0.4, -0.2) is 30.5 Å². The summed E-state index contributed by atoms with van der Waals surface area (Å²) in [7, 11) is 1.43. The van der Waals surface area contributed by atoms with Crippen molar-refractivity contribution in [3.05, 3.63) is 76.8 Å². The number of rotatable bonds is 9. The molecule has 170 valence electrons. The topological polar surface area (TPSA) is 105 Å². The van der Waals surface area contributed by atoms with E-state index in [4.69, 9.17) is 16.3 Å². The number of anilines is 2. The van der Waals surface area contributed by atoms with Crippen molar-refractivity contribution in [2.75, 3.05) is 17.7 Å². The van der Waals surface area contributed by atoms with Gasteiger partial charge in [-0.05, 0) is 36.1 Å². The third-order valence-corrected chi connectivity index (χ3v) is 5.31. The molecule has 3 N–H and O–H groups in total. The average Bonchev–Trinajstić information content (AvgIpc) is 2.80. The largest absolute Gasteiger partial charge is 0.496 e. The van der Waals surface area contributed by atoms with Crippen LogP contribution in [0.15, 0.2) is 60.7 Å². The predicted molar refractivity (Wildman–Crippen MR) is 128 cm³/mol. The van der Waals surface area contributed by atoms with Gasteiger partial charge in [-0.15, -0.1) is 0 Å². The van der Waals surface area contributed by atoms with E-state index in [2.05, 4.69) is 10.6 Å². The van der Waals surface area contributed by atoms with E-state index < -0.39 is 6.09 Å². The second-order valence-electron chi connectivity index (χ2n) is 7.27. The highest BCUT2D eigenvalue weighted by atomic mass is 35.5. The van der Waals surface area contributed by atoms with Crippen molar-refractivity contribution >= 4 is 41.3 Å². The predicted octanol–water partition coefficient (Wildman–Crippen LogP) is 5.88. The maximum atomic E-state index is 12.4. The first-order valence-electron chi connectivity index (χ1n) is 10.2. The molecular formula is C25H23ClN2O5. The molecule has 0 aliphatic heterocycles. The summed E-state index contributed by atoms with van der Waals surface area (Å²) in [6.45, 7) is 0. The van der Waals surface area contributed by atoms with Gasteiger partial charge < -0.3 is 15.2 Å². The number of carboxylic acid groups (broad SMARTS) is 1. The lowest BCUT2D eigenvalue weighted by atomic mass is 9.99. The van der Waals surface area contributed by atoms with Crippen LogP contribution in [0, 0.1) is 0 Å². The van der Waals surface area contributed by atoms with E-state index in [-0.39, 0.29) is 17.4 Å². The van der Waals surface area contributed by atoms with Crippen LogP contribution in [0.1, 0.15) is 28.8 Å². The van der Waals surface area contributed by atoms with E-state index in [9.17, 15) is 19.5 Å². The first kappa shape index (κ1) is 23.8. The Morgan fingerprint density at radius 2 is 1.79 bits per heavy atom. The number of hydrogen-bond acceptors (Lipinski definition) is 4. The SMILES string of the molecule is COc1cc(NC(=O)CCCc2ccc(-c3ccccc3)c(NC(=O)O)c2)c(Cl)cc1C=O. The van der Waals surface area contributed by atoms with E-state index in [1.807, 2.05) is 42.5 Å². The number of carbonyl (C=O) groups is 3. The second kappa shape index (κ2) is 11.2. The lowest BCUT2D eigenvalue weighted by Crippen LogP contribution is -2.12. The Morgan fingerprint density at radius 3 is 2.45 bits per heavy atom. The van der Waals surface area contributed by atoms with Crippen LogP contribution in [0.3, 0.4) is 0 Å². The lowest BCUT2D eigenvalue weighted by molar-refractivity contribution is -0.116. The van der Waals surface area contributed by atoms with E-state index in [1.165, 1.54) is 19.2 Å². The number of hydrogen-bond donors (Lipinski definition) is 3. The molecule has 0 aliphatic carbocycles. The standard InChI is InChI=1S/C25H23ClN2O5/c1-33-23-14-22(20(26)13-18(23)15-29)27-24(30)9-5-6-16-10-11-19(17-7-3-2-4-8-17)21(12-16)28-25(31)32/h2-4,7-8,10-15,28H,5-6,9H2,1H3,(H,27,30)(H,31,32). The quantitative estimate of drug-likeness (QED) is 0.341. The minimum atomic E-state index is -1.14. The first-order valence-corrected chi connectivity index (χ1v) is 10.6. The lowest BCUT2D eigenvalue weighted by Gasteiger charge is -2.13. The molecule has 3 rings (SSSR count). The number of amides is 2. The van der Waals surface area contributed by atoms with Crippen LogP contribution in [0.25, 0.3) is 11.1 Å². The maximum absolute atomic E-state index is 12.4. The Bertz CT molecular complexity index is 1160. The fourth-order valence-electron chi connectivity index (χ4n) is 3.43. The van der Waals surface area contributed by atoms with E-state index >= 15 is 0 Å². The van der Waals surface area contributed by atoms with Crippen molar-refractivity contribution in [3.8, 4) is 16.9 Å². The van der Waals surface area contributed by atoms with Gasteiger partial charge in [-0.1, -0.05) is 54.1 Å². The summed E-state index contributed by atoms with van der Waals surface area (Å²) < 4.78 is 5.14. The van der Waals surface area contributed by atoms with Gasteiger partial charge >= 0.3 is 6.09 Å². The Labute approximate surface area is 196 Å². The van der Waals surface area contributed by atoms with E-state index in [0.29, 0.717) is 41.8 Å². The molecule has 0 aromatic heterocycles. The normalized spacial score (nSPS) is 10.4. The number of aryl methyl sites for hydroxylation is 1. The number of nitrogens with one attached hydrogen (secondary N) is 2. The fourth-order valence-corrected chi connectivity index (χ4v) is 3.65. The Hall–Kier alpha value is -3.84. The van der Waals surface area contributed by atoms with Gasteiger partial charge in [0.05, 0.1) is 29.1 Å². The van der Waals surface area contributed by atoms with Crippen molar-refractivity contribution in [2.45, 2.75) is 19.3 Å². The summed E-state index contributed by atoms with van der Waals surface area (Å²) in [5.41, 5.74) is 3.74. The zero-order valence-electron chi connectivity index (χ0n) is 17.9. The third-order valence-electron chi connectivity index (χ3n) is 5.00. The molecule has 0 fully saturated rings. The number of methoxy groups -OCH3 is 1. The molecule has 0 radical (unpaired) electrons. The van der Waals surface area contributed by atoms with Gasteiger partial charge in [-0.2, -0.15) is 0 Å². The van der Waals surface area contributed by atoms with Gasteiger partial charge in [-0.3, -0.25) is 14.9 Å². The Kier molecular flexibility index (Phi) is 8.05. The molecule has 0 aliphatic rings. The molecule has 0 saturated carbocycles. The minimum absolute atomic E-state index is 0.232. The highest BCUT2D eigenvalue weighted by Gasteiger charge is 2.13. The molecule has 0 unspecified atom stereocenters. The average molecular weight is 467 g/mol. The highest BCUT2D eigenvalue weighted by Crippen LogP contribution is 2.31. The molecule has 0 saturated heterocycles. The molecule has 7 nitrogen and oxygen atoms in total. The molecule has 3 aromatic rings. The maximum Gasteiger partial charge on any atom is 0.409 e. The molecule has 2 amide bonds. The van der Waals surface area contributed by atoms with Crippen LogP contribution in [0.2, 0.25) is 5.02 Å². The van der Waals surface area contributed by atoms with Crippen LogP contribution in [-0.2, 0) is 11.2 Å². The summed E-state index contributed by atoms with van der Waals surface area (Å²) in [6, 6.07) is 18.0. The Morgan fingerprint density at radius 1 is 1.03 bits per heavy atom. The van der Waals surface area contributed by atoms with Gasteiger partial charge in [0.25, 0.3) is 0 Å². The summed E-state index contributed by atoms with van der Waals surface area (Å²) in [4.78, 5) is 34.7. The molecule has 0 spiro atoms. The molecule has 3 aromatic carbocycles. The molecule has 0 bridgehead atoms. The van der Waals surface area contributed by atoms with Crippen molar-refractivity contribution in [1.82, 2.24) is 0 Å². The molecule has 8 heteroatoms. The van der Waals surface area contributed by atoms with Gasteiger partial charge in [0.1, 0.15) is 5.75 Å². The number of halogens is 1. The van der Waals surface area contributed by atoms with Crippen LogP contribution >= 0.6 is 11.6 Å². The summed E-state index contributed by atoms with van der Waals surface area (Å²) >= 11 is 6.15. The molecule has 0 atom stereocenters. The highest BCUT2D eigenvalue weighted by molar-refractivity contribution is 6.34. The molecular weight excluding hydrogens is 444 g/mol. The van der Waals surface area contributed by atoms with Crippen LogP contribution in [0.4, 0.5) is 16.2 Å². The third kappa shape index (κ3) is 6.33. The van der Waals surface area contributed by atoms with Crippen molar-refractivity contribution in [1.29, 1.82) is 0 Å². The summed E-state index contributed by atoms with van der Waals surface area (Å²) in [5.74, 6) is 0.0873. The van der Waals surface area contributed by atoms with E-state index in [0.717, 1.165) is 16.7 Å². The van der Waals surface area contributed by atoms with Gasteiger partial charge in [-0.25, -0.2) is 4.79 Å². The number of carbonyl (C=O) groups excluding carboxylic acids is 2. The molecule has 0 heterocycles. The second-order valence-corrected chi connectivity index (χ2v) is 7.68. The minimum Gasteiger partial charge on any atom is -0.496 e. The summed E-state index contributed by atoms with van der Waals surface area (Å²) in [6.07, 6.45) is 0.849. The summed E-state index contributed by atoms with van der Waals surface area (Å²) in [5, 5.41) is 14.6. The van der Waals surface area contributed by atoms with Crippen molar-refractivity contribution in [2.24, 2.45) is 0 Å². The number of aldehydes is 1. The zero-order chi connectivity index (χ0) is 23.8. The number of ether oxygens (including phenoxy) is 1. The smallest absolute Gasteiger partial charge is 0.409 e. The van der Waals surface area contributed by atoms with Crippen molar-refractivity contribution < 1.29 is 24.2 Å². The van der Waals surface area contributed by atoms with Gasteiger partial charge in [0, 0.05) is 18.1 Å². The molecule has 33 heavy (non-hydrogen) atoms. The van der Waals surface area contributed by atoms with Gasteiger partial charge in [0.2, 0.25) is 5.91 Å². The van der Waals surface area contributed by atoms with Gasteiger partial charge in [0.15, 0.2) is 6.29 Å². The van der Waals surface area contributed by atoms with Crippen LogP contribution < -0.4 is 15.4 Å². The fraction of sp³-hybridized carbons (Fsp3) is 0.160. The van der Waals surface area contributed by atoms with E-state index in [1.54, 1.807) is 6.07 Å².